The zero-order chi connectivity index (χ0) is 6.24. The average molecular weight is 200 g/mol. The van der Waals surface area contributed by atoms with E-state index in [0.717, 1.165) is 18.3 Å². The Balaban J connectivity index is 0.000000222. The van der Waals surface area contributed by atoms with E-state index in [1.54, 1.807) is 0 Å². The fraction of sp³-hybridized carbons (Fsp3) is 0.833. The number of rotatable bonds is 0. The van der Waals surface area contributed by atoms with E-state index < -0.39 is 0 Å². The zero-order valence-electron chi connectivity index (χ0n) is 4.87. The number of hydrogen-bond acceptors (Lipinski definition) is 1. The summed E-state index contributed by atoms with van der Waals surface area (Å²) < 4.78 is 8.18. The van der Waals surface area contributed by atoms with Gasteiger partial charge in [-0.05, 0) is 0 Å². The van der Waals surface area contributed by atoms with Crippen LogP contribution in [0.1, 0.15) is 32.1 Å². The van der Waals surface area contributed by atoms with Crippen molar-refractivity contribution in [2.45, 2.75) is 32.1 Å². The van der Waals surface area contributed by atoms with Crippen molar-refractivity contribution in [1.82, 2.24) is 0 Å². The van der Waals surface area contributed by atoms with Crippen LogP contribution in [0.4, 0.5) is 0 Å². The van der Waals surface area contributed by atoms with E-state index in [4.69, 9.17) is 3.57 Å². The molecule has 1 saturated carbocycles. The molecule has 1 rings (SSSR count). The molecule has 0 saturated heterocycles. The zero-order valence-corrected chi connectivity index (χ0v) is 6.61. The first-order chi connectivity index (χ1) is 4.00. The molecule has 2 heteroatoms. The van der Waals surface area contributed by atoms with Gasteiger partial charge >= 0.3 is 21.8 Å². The summed E-state index contributed by atoms with van der Waals surface area (Å²) in [6, 6.07) is 0. The van der Waals surface area contributed by atoms with Gasteiger partial charge in [0, 0.05) is 0 Å². The van der Waals surface area contributed by atoms with Crippen LogP contribution in [-0.2, 0) is 21.8 Å². The quantitative estimate of drug-likeness (QED) is 0.432. The molecular formula is C6H11ORu. The average Bonchev–Trinajstić information content (AvgIpc) is 1.96. The van der Waals surface area contributed by atoms with Crippen LogP contribution in [0.15, 0.2) is 0 Å². The van der Waals surface area contributed by atoms with Gasteiger partial charge in [0.05, 0.1) is 0 Å². The topological polar surface area (TPSA) is 17.1 Å². The van der Waals surface area contributed by atoms with Crippen molar-refractivity contribution >= 4 is 0 Å². The van der Waals surface area contributed by atoms with Crippen molar-refractivity contribution in [3.05, 3.63) is 6.42 Å². The number of hydrogen-bond donors (Lipinski definition) is 0. The third kappa shape index (κ3) is 4.58. The van der Waals surface area contributed by atoms with Gasteiger partial charge in [-0.15, -0.1) is 0 Å². The van der Waals surface area contributed by atoms with E-state index in [9.17, 15) is 0 Å². The third-order valence-corrected chi connectivity index (χ3v) is 1.32. The molecule has 0 radical (unpaired) electrons. The Bertz CT molecular complexity index is 32.3. The molecule has 0 aromatic rings. The standard InChI is InChI=1S/C6H11.O.Ru/c1-2-4-6-5-3-1;;/h1H,2-6H2;;/q-1;;+1. The fourth-order valence-electron chi connectivity index (χ4n) is 0.898. The van der Waals surface area contributed by atoms with Crippen molar-refractivity contribution < 1.29 is 21.8 Å². The van der Waals surface area contributed by atoms with Crippen LogP contribution in [0.5, 0.6) is 0 Å². The summed E-state index contributed by atoms with van der Waals surface area (Å²) in [5, 5.41) is 0. The monoisotopic (exact) mass is 201 g/mol. The van der Waals surface area contributed by atoms with Crippen LogP contribution in [0.2, 0.25) is 0 Å². The molecule has 0 bridgehead atoms. The Kier molecular flexibility index (Phi) is 7.82. The van der Waals surface area contributed by atoms with Gasteiger partial charge in [0.25, 0.3) is 0 Å². The molecule has 0 aromatic carbocycles. The predicted molar refractivity (Wildman–Crippen MR) is 28.1 cm³/mol. The van der Waals surface area contributed by atoms with Crippen LogP contribution >= 0.6 is 0 Å². The summed E-state index contributed by atoms with van der Waals surface area (Å²) in [6.07, 6.45) is 9.50. The summed E-state index contributed by atoms with van der Waals surface area (Å²) in [5.41, 5.74) is 0. The predicted octanol–water partition coefficient (Wildman–Crippen LogP) is 2.03. The molecule has 1 fully saturated rings. The molecule has 8 heavy (non-hydrogen) atoms. The molecule has 0 aliphatic heterocycles. The summed E-state index contributed by atoms with van der Waals surface area (Å²) in [6.45, 7) is 0. The molecule has 0 amide bonds. The van der Waals surface area contributed by atoms with Gasteiger partial charge in [-0.1, -0.05) is 19.3 Å². The Morgan fingerprint density at radius 2 is 1.50 bits per heavy atom. The van der Waals surface area contributed by atoms with Crippen molar-refractivity contribution in [3.63, 3.8) is 0 Å². The normalized spacial score (nSPS) is 18.5. The van der Waals surface area contributed by atoms with E-state index in [-0.39, 0.29) is 0 Å². The van der Waals surface area contributed by atoms with Crippen molar-refractivity contribution in [2.24, 2.45) is 0 Å². The molecule has 0 atom stereocenters. The van der Waals surface area contributed by atoms with Crippen LogP contribution in [0, 0.1) is 6.42 Å². The Hall–Kier alpha value is 0.423. The molecule has 0 aromatic heterocycles. The Morgan fingerprint density at radius 1 is 1.00 bits per heavy atom. The third-order valence-electron chi connectivity index (χ3n) is 1.32. The van der Waals surface area contributed by atoms with E-state index in [0.29, 0.717) is 0 Å². The maximum atomic E-state index is 8.18. The molecule has 0 unspecified atom stereocenters. The molecule has 1 aliphatic rings. The maximum absolute atomic E-state index is 8.18. The van der Waals surface area contributed by atoms with Crippen molar-refractivity contribution in [3.8, 4) is 0 Å². The fourth-order valence-corrected chi connectivity index (χ4v) is 0.898. The van der Waals surface area contributed by atoms with E-state index in [1.165, 1.54) is 32.1 Å². The second kappa shape index (κ2) is 7.42. The van der Waals surface area contributed by atoms with Gasteiger partial charge in [-0.3, -0.25) is 0 Å². The van der Waals surface area contributed by atoms with Gasteiger partial charge in [-0.25, -0.2) is 0 Å². The summed E-state index contributed by atoms with van der Waals surface area (Å²) >= 11 is 1.10. The van der Waals surface area contributed by atoms with E-state index in [2.05, 4.69) is 6.42 Å². The van der Waals surface area contributed by atoms with Gasteiger partial charge in [0.1, 0.15) is 0 Å². The van der Waals surface area contributed by atoms with Crippen LogP contribution in [0.3, 0.4) is 0 Å². The first kappa shape index (κ1) is 8.42. The van der Waals surface area contributed by atoms with Gasteiger partial charge < -0.3 is 6.42 Å². The summed E-state index contributed by atoms with van der Waals surface area (Å²) in [5.74, 6) is 0. The minimum atomic E-state index is 1.10. The second-order valence-corrected chi connectivity index (χ2v) is 1.93. The molecular weight excluding hydrogens is 189 g/mol. The first-order valence-corrected chi connectivity index (χ1v) is 3.67. The molecule has 1 nitrogen and oxygen atoms in total. The molecule has 49 valence electrons. The second-order valence-electron chi connectivity index (χ2n) is 1.93. The minimum absolute atomic E-state index is 1.10. The van der Waals surface area contributed by atoms with Crippen molar-refractivity contribution in [1.29, 1.82) is 0 Å². The first-order valence-electron chi connectivity index (χ1n) is 2.96. The van der Waals surface area contributed by atoms with Crippen molar-refractivity contribution in [2.75, 3.05) is 0 Å². The molecule has 0 heterocycles. The molecule has 1 aliphatic carbocycles. The van der Waals surface area contributed by atoms with E-state index >= 15 is 0 Å². The van der Waals surface area contributed by atoms with Crippen LogP contribution in [-0.4, -0.2) is 0 Å². The Morgan fingerprint density at radius 3 is 1.62 bits per heavy atom. The SMILES string of the molecule is [CH-]1CCCCC1.[O]=[Ru+]. The van der Waals surface area contributed by atoms with Gasteiger partial charge in [0.15, 0.2) is 0 Å². The Labute approximate surface area is 60.8 Å². The van der Waals surface area contributed by atoms with E-state index in [1.807, 2.05) is 0 Å². The molecule has 0 spiro atoms. The van der Waals surface area contributed by atoms with Gasteiger partial charge in [0.2, 0.25) is 0 Å². The molecule has 0 N–H and O–H groups in total. The van der Waals surface area contributed by atoms with Gasteiger partial charge in [-0.2, -0.15) is 12.8 Å². The summed E-state index contributed by atoms with van der Waals surface area (Å²) in [4.78, 5) is 0. The van der Waals surface area contributed by atoms with Crippen LogP contribution < -0.4 is 0 Å². The van der Waals surface area contributed by atoms with Crippen LogP contribution in [0.25, 0.3) is 0 Å². The summed E-state index contributed by atoms with van der Waals surface area (Å²) in [7, 11) is 0.